The first-order valence-corrected chi connectivity index (χ1v) is 6.82. The maximum absolute atomic E-state index is 12.0. The molecule has 1 heterocycles. The van der Waals surface area contributed by atoms with E-state index in [-0.39, 0.29) is 11.6 Å². The molecule has 1 aliphatic heterocycles. The Balaban J connectivity index is 2.53. The highest BCUT2D eigenvalue weighted by atomic mass is 16.6. The summed E-state index contributed by atoms with van der Waals surface area (Å²) in [5, 5.41) is 0. The molecule has 0 radical (unpaired) electrons. The fourth-order valence-electron chi connectivity index (χ4n) is 2.16. The van der Waals surface area contributed by atoms with Crippen molar-refractivity contribution >= 4 is 6.09 Å². The van der Waals surface area contributed by atoms with Crippen LogP contribution in [0.4, 0.5) is 4.79 Å². The van der Waals surface area contributed by atoms with Crippen LogP contribution >= 0.6 is 0 Å². The van der Waals surface area contributed by atoms with E-state index in [1.54, 1.807) is 4.90 Å². The van der Waals surface area contributed by atoms with E-state index in [1.807, 2.05) is 27.7 Å². The Hall–Kier alpha value is -1.21. The van der Waals surface area contributed by atoms with E-state index in [0.29, 0.717) is 13.1 Å². The van der Waals surface area contributed by atoms with Crippen molar-refractivity contribution in [2.75, 3.05) is 26.2 Å². The predicted molar refractivity (Wildman–Crippen MR) is 76.9 cm³/mol. The van der Waals surface area contributed by atoms with E-state index in [9.17, 15) is 4.79 Å². The van der Waals surface area contributed by atoms with Crippen molar-refractivity contribution in [1.82, 2.24) is 9.80 Å². The summed E-state index contributed by atoms with van der Waals surface area (Å²) >= 11 is 0. The average Bonchev–Trinajstić information content (AvgIpc) is 2.27. The van der Waals surface area contributed by atoms with Crippen LogP contribution in [0.5, 0.6) is 0 Å². The van der Waals surface area contributed by atoms with Crippen molar-refractivity contribution in [2.24, 2.45) is 0 Å². The Kier molecular flexibility index (Phi) is 4.86. The van der Waals surface area contributed by atoms with Crippen LogP contribution in [-0.2, 0) is 4.74 Å². The third kappa shape index (κ3) is 4.76. The zero-order valence-electron chi connectivity index (χ0n) is 13.0. The van der Waals surface area contributed by atoms with E-state index in [2.05, 4.69) is 30.6 Å². The predicted octanol–water partition coefficient (Wildman–Crippen LogP) is 2.34. The topological polar surface area (TPSA) is 32.8 Å². The summed E-state index contributed by atoms with van der Waals surface area (Å²) in [6, 6.07) is 0. The number of rotatable bonds is 1. The fraction of sp³-hybridized carbons (Fsp3) is 0.800. The molecule has 0 aliphatic carbocycles. The Morgan fingerprint density at radius 2 is 1.58 bits per heavy atom. The van der Waals surface area contributed by atoms with Crippen LogP contribution in [0.1, 0.15) is 41.5 Å². The second kappa shape index (κ2) is 5.83. The van der Waals surface area contributed by atoms with Crippen molar-refractivity contribution in [3.63, 3.8) is 0 Å². The third-order valence-electron chi connectivity index (χ3n) is 3.15. The molecule has 0 bridgehead atoms. The van der Waals surface area contributed by atoms with Gasteiger partial charge in [0.2, 0.25) is 0 Å². The molecule has 0 atom stereocenters. The first kappa shape index (κ1) is 15.8. The Labute approximate surface area is 117 Å². The van der Waals surface area contributed by atoms with Gasteiger partial charge >= 0.3 is 6.09 Å². The number of piperazine rings is 1. The molecule has 0 saturated carbocycles. The van der Waals surface area contributed by atoms with E-state index >= 15 is 0 Å². The fourth-order valence-corrected chi connectivity index (χ4v) is 2.16. The van der Waals surface area contributed by atoms with Gasteiger partial charge in [-0.05, 0) is 41.5 Å². The second-order valence-electron chi connectivity index (χ2n) is 6.39. The molecule has 4 heteroatoms. The zero-order valence-corrected chi connectivity index (χ0v) is 13.0. The van der Waals surface area contributed by atoms with Crippen molar-refractivity contribution in [3.8, 4) is 11.8 Å². The molecular weight excluding hydrogens is 240 g/mol. The molecule has 1 fully saturated rings. The summed E-state index contributed by atoms with van der Waals surface area (Å²) in [4.78, 5) is 16.0. The molecule has 0 aromatic carbocycles. The molecule has 108 valence electrons. The maximum atomic E-state index is 12.0. The number of ether oxygens (including phenoxy) is 1. The average molecular weight is 266 g/mol. The lowest BCUT2D eigenvalue weighted by Gasteiger charge is -2.41. The Bertz CT molecular complexity index is 377. The van der Waals surface area contributed by atoms with E-state index < -0.39 is 5.60 Å². The summed E-state index contributed by atoms with van der Waals surface area (Å²) in [6.07, 6.45) is -0.216. The normalized spacial score (nSPS) is 17.7. The minimum Gasteiger partial charge on any atom is -0.444 e. The smallest absolute Gasteiger partial charge is 0.410 e. The minimum atomic E-state index is -0.429. The molecule has 19 heavy (non-hydrogen) atoms. The molecule has 1 aliphatic rings. The summed E-state index contributed by atoms with van der Waals surface area (Å²) in [5.41, 5.74) is -0.560. The molecule has 1 saturated heterocycles. The lowest BCUT2D eigenvalue weighted by Crippen LogP contribution is -2.55. The number of nitrogens with zero attached hydrogens (tertiary/aromatic N) is 2. The van der Waals surface area contributed by atoms with Gasteiger partial charge in [0.25, 0.3) is 0 Å². The van der Waals surface area contributed by atoms with Gasteiger partial charge in [-0.25, -0.2) is 4.79 Å². The van der Waals surface area contributed by atoms with Crippen molar-refractivity contribution in [1.29, 1.82) is 0 Å². The number of hydrogen-bond donors (Lipinski definition) is 0. The van der Waals surface area contributed by atoms with Gasteiger partial charge in [-0.3, -0.25) is 4.90 Å². The van der Waals surface area contributed by atoms with Crippen LogP contribution in [0.3, 0.4) is 0 Å². The largest absolute Gasteiger partial charge is 0.444 e. The summed E-state index contributed by atoms with van der Waals surface area (Å²) in [5.74, 6) is 6.19. The number of carbonyl (C=O) groups excluding carboxylic acids is 1. The van der Waals surface area contributed by atoms with Crippen molar-refractivity contribution in [3.05, 3.63) is 0 Å². The van der Waals surface area contributed by atoms with Crippen LogP contribution in [0, 0.1) is 11.8 Å². The lowest BCUT2D eigenvalue weighted by molar-refractivity contribution is 0.00782. The van der Waals surface area contributed by atoms with Gasteiger partial charge in [0.05, 0.1) is 5.54 Å². The number of carbonyl (C=O) groups is 1. The second-order valence-corrected chi connectivity index (χ2v) is 6.39. The summed E-state index contributed by atoms with van der Waals surface area (Å²) in [7, 11) is 0. The van der Waals surface area contributed by atoms with Gasteiger partial charge in [-0.1, -0.05) is 5.92 Å². The maximum Gasteiger partial charge on any atom is 0.410 e. The van der Waals surface area contributed by atoms with Gasteiger partial charge in [0.15, 0.2) is 0 Å². The molecule has 0 N–H and O–H groups in total. The Morgan fingerprint density at radius 3 is 2.00 bits per heavy atom. The first-order chi connectivity index (χ1) is 8.65. The third-order valence-corrected chi connectivity index (χ3v) is 3.15. The van der Waals surface area contributed by atoms with Crippen LogP contribution < -0.4 is 0 Å². The van der Waals surface area contributed by atoms with Gasteiger partial charge in [-0.2, -0.15) is 0 Å². The molecule has 0 aromatic rings. The highest BCUT2D eigenvalue weighted by Gasteiger charge is 2.31. The van der Waals surface area contributed by atoms with Crippen LogP contribution in [-0.4, -0.2) is 53.2 Å². The summed E-state index contributed by atoms with van der Waals surface area (Å²) in [6.45, 7) is 14.8. The van der Waals surface area contributed by atoms with Gasteiger partial charge in [0.1, 0.15) is 5.60 Å². The molecule has 1 rings (SSSR count). The van der Waals surface area contributed by atoms with Crippen LogP contribution in [0.25, 0.3) is 0 Å². The molecule has 0 spiro atoms. The van der Waals surface area contributed by atoms with E-state index in [1.165, 1.54) is 0 Å². The highest BCUT2D eigenvalue weighted by molar-refractivity contribution is 5.68. The van der Waals surface area contributed by atoms with E-state index in [0.717, 1.165) is 13.1 Å². The summed E-state index contributed by atoms with van der Waals surface area (Å²) < 4.78 is 5.39. The van der Waals surface area contributed by atoms with Crippen LogP contribution in [0.15, 0.2) is 0 Å². The van der Waals surface area contributed by atoms with Gasteiger partial charge in [-0.15, -0.1) is 5.92 Å². The lowest BCUT2D eigenvalue weighted by atomic mass is 10.0. The van der Waals surface area contributed by atoms with Crippen molar-refractivity contribution in [2.45, 2.75) is 52.7 Å². The van der Waals surface area contributed by atoms with Crippen LogP contribution in [0.2, 0.25) is 0 Å². The monoisotopic (exact) mass is 266 g/mol. The number of amides is 1. The SMILES string of the molecule is CC#CC(C)(C)N1CCN(C(=O)OC(C)(C)C)CC1. The zero-order chi connectivity index (χ0) is 14.7. The minimum absolute atomic E-state index is 0.130. The van der Waals surface area contributed by atoms with Crippen molar-refractivity contribution < 1.29 is 9.53 Å². The highest BCUT2D eigenvalue weighted by Crippen LogP contribution is 2.17. The van der Waals surface area contributed by atoms with E-state index in [4.69, 9.17) is 4.74 Å². The molecule has 4 nitrogen and oxygen atoms in total. The molecular formula is C15H26N2O2. The molecule has 0 unspecified atom stereocenters. The molecule has 1 amide bonds. The Morgan fingerprint density at radius 1 is 1.05 bits per heavy atom. The first-order valence-electron chi connectivity index (χ1n) is 6.82. The quantitative estimate of drug-likeness (QED) is 0.683. The standard InChI is InChI=1S/C15H26N2O2/c1-7-8-15(5,6)17-11-9-16(10-12-17)13(18)19-14(2,3)4/h9-12H2,1-6H3. The molecule has 0 aromatic heterocycles. The van der Waals surface area contributed by atoms with Gasteiger partial charge < -0.3 is 9.64 Å². The number of hydrogen-bond acceptors (Lipinski definition) is 3. The van der Waals surface area contributed by atoms with Gasteiger partial charge in [0, 0.05) is 26.2 Å².